The van der Waals surface area contributed by atoms with Gasteiger partial charge in [-0.3, -0.25) is 4.79 Å². The molecular weight excluding hydrogens is 501 g/mol. The second-order valence-corrected chi connectivity index (χ2v) is 12.8. The number of benzene rings is 1. The van der Waals surface area contributed by atoms with E-state index >= 15 is 0 Å². The lowest BCUT2D eigenvalue weighted by molar-refractivity contribution is -0.199. The molecule has 3 amide bonds. The molecule has 1 aliphatic heterocycles. The Balaban J connectivity index is 1.59. The van der Waals surface area contributed by atoms with Gasteiger partial charge in [-0.25, -0.2) is 9.59 Å². The SMILES string of the molecule is COc1c(CC(NC(=O)CCNC(N)=O)B2OC3CC4CC(C4(C)C)C3(C)O2)cccc1C(=O)OC(C)(C)C. The van der Waals surface area contributed by atoms with Crippen molar-refractivity contribution in [1.82, 2.24) is 10.6 Å². The number of carbonyl (C=O) groups is 3. The lowest BCUT2D eigenvalue weighted by atomic mass is 9.43. The number of carbonyl (C=O) groups excluding carboxylic acids is 3. The molecule has 1 aromatic rings. The van der Waals surface area contributed by atoms with Crippen molar-refractivity contribution < 1.29 is 33.2 Å². The van der Waals surface area contributed by atoms with E-state index in [9.17, 15) is 14.4 Å². The Labute approximate surface area is 231 Å². The standard InChI is InChI=1S/C28H42BN3O7/c1-26(2,3)37-24(34)18-10-8-9-16(23(18)36-7)13-21(32-22(33)11-12-31-25(30)35)29-38-20-15-17-14-19(27(17,4)5)28(20,6)39-29/h8-10,17,19-21H,11-15H2,1-7H3,(H,32,33)(H3,30,31,35). The van der Waals surface area contributed by atoms with Crippen molar-refractivity contribution in [3.63, 3.8) is 0 Å². The summed E-state index contributed by atoms with van der Waals surface area (Å²) < 4.78 is 24.4. The van der Waals surface area contributed by atoms with Gasteiger partial charge in [0.05, 0.1) is 24.8 Å². The maximum atomic E-state index is 12.9. The molecule has 0 aromatic heterocycles. The first-order valence-corrected chi connectivity index (χ1v) is 13.7. The van der Waals surface area contributed by atoms with Gasteiger partial charge in [0.2, 0.25) is 5.91 Å². The third-order valence-corrected chi connectivity index (χ3v) is 8.65. The first-order valence-electron chi connectivity index (χ1n) is 13.7. The van der Waals surface area contributed by atoms with Crippen LogP contribution in [0.15, 0.2) is 18.2 Å². The summed E-state index contributed by atoms with van der Waals surface area (Å²) in [7, 11) is 0.807. The monoisotopic (exact) mass is 543 g/mol. The van der Waals surface area contributed by atoms with Gasteiger partial charge in [-0.05, 0) is 75.8 Å². The third-order valence-electron chi connectivity index (χ3n) is 8.65. The number of nitrogens with one attached hydrogen (secondary N) is 2. The maximum absolute atomic E-state index is 12.9. The van der Waals surface area contributed by atoms with Gasteiger partial charge >= 0.3 is 19.1 Å². The van der Waals surface area contributed by atoms with Crippen LogP contribution < -0.4 is 21.1 Å². The molecule has 4 N–H and O–H groups in total. The quantitative estimate of drug-likeness (QED) is 0.322. The minimum atomic E-state index is -0.696. The van der Waals surface area contributed by atoms with Crippen molar-refractivity contribution in [1.29, 1.82) is 0 Å². The lowest BCUT2D eigenvalue weighted by Gasteiger charge is -2.64. The molecule has 11 heteroatoms. The molecular formula is C28H42BN3O7. The van der Waals surface area contributed by atoms with Crippen molar-refractivity contribution in [3.8, 4) is 5.75 Å². The van der Waals surface area contributed by atoms with E-state index in [0.29, 0.717) is 35.1 Å². The summed E-state index contributed by atoms with van der Waals surface area (Å²) in [5.74, 6) is -0.0227. The van der Waals surface area contributed by atoms with Crippen molar-refractivity contribution in [2.75, 3.05) is 13.7 Å². The van der Waals surface area contributed by atoms with Gasteiger partial charge in [0.1, 0.15) is 16.9 Å². The number of hydrogen-bond acceptors (Lipinski definition) is 7. The second-order valence-electron chi connectivity index (χ2n) is 12.8. The Kier molecular flexibility index (Phi) is 7.98. The van der Waals surface area contributed by atoms with Crippen LogP contribution in [0.4, 0.5) is 4.79 Å². The second kappa shape index (κ2) is 10.7. The molecule has 1 heterocycles. The van der Waals surface area contributed by atoms with E-state index < -0.39 is 36.3 Å². The van der Waals surface area contributed by atoms with E-state index in [4.69, 9.17) is 24.5 Å². The molecule has 214 valence electrons. The predicted molar refractivity (Wildman–Crippen MR) is 146 cm³/mol. The summed E-state index contributed by atoms with van der Waals surface area (Å²) in [6.45, 7) is 12.2. The van der Waals surface area contributed by atoms with Crippen LogP contribution in [0.1, 0.15) is 76.7 Å². The van der Waals surface area contributed by atoms with Crippen LogP contribution in [0, 0.1) is 17.3 Å². The topological polar surface area (TPSA) is 138 Å². The summed E-state index contributed by atoms with van der Waals surface area (Å²) in [6, 6.07) is 4.59. The highest BCUT2D eigenvalue weighted by molar-refractivity contribution is 6.48. The Morgan fingerprint density at radius 1 is 1.21 bits per heavy atom. The Bertz CT molecular complexity index is 1120. The van der Waals surface area contributed by atoms with Crippen LogP contribution in [-0.4, -0.2) is 61.9 Å². The van der Waals surface area contributed by atoms with E-state index in [1.165, 1.54) is 7.11 Å². The maximum Gasteiger partial charge on any atom is 0.482 e. The molecule has 2 bridgehead atoms. The Morgan fingerprint density at radius 2 is 1.92 bits per heavy atom. The highest BCUT2D eigenvalue weighted by atomic mass is 16.7. The molecule has 4 fully saturated rings. The number of urea groups is 1. The fourth-order valence-electron chi connectivity index (χ4n) is 6.58. The van der Waals surface area contributed by atoms with Crippen LogP contribution in [0.3, 0.4) is 0 Å². The molecule has 5 unspecified atom stereocenters. The van der Waals surface area contributed by atoms with Gasteiger partial charge in [-0.1, -0.05) is 26.0 Å². The van der Waals surface area contributed by atoms with Gasteiger partial charge in [0, 0.05) is 13.0 Å². The number of esters is 1. The minimum Gasteiger partial charge on any atom is -0.496 e. The number of primary amides is 1. The summed E-state index contributed by atoms with van der Waals surface area (Å²) in [5, 5.41) is 5.48. The third kappa shape index (κ3) is 5.89. The molecule has 39 heavy (non-hydrogen) atoms. The Hall–Kier alpha value is -2.79. The zero-order valence-electron chi connectivity index (χ0n) is 24.1. The van der Waals surface area contributed by atoms with Crippen molar-refractivity contribution in [3.05, 3.63) is 29.3 Å². The summed E-state index contributed by atoms with van der Waals surface area (Å²) in [6.07, 6.45) is 2.29. The molecule has 10 nitrogen and oxygen atoms in total. The lowest BCUT2D eigenvalue weighted by Crippen LogP contribution is -2.65. The molecule has 3 saturated carbocycles. The van der Waals surface area contributed by atoms with Crippen molar-refractivity contribution in [2.24, 2.45) is 23.0 Å². The highest BCUT2D eigenvalue weighted by Crippen LogP contribution is 2.65. The normalized spacial score (nSPS) is 27.6. The molecule has 1 saturated heterocycles. The number of para-hydroxylation sites is 1. The average molecular weight is 543 g/mol. The number of ether oxygens (including phenoxy) is 2. The van der Waals surface area contributed by atoms with Crippen LogP contribution >= 0.6 is 0 Å². The zero-order chi connectivity index (χ0) is 28.8. The van der Waals surface area contributed by atoms with Crippen LogP contribution in [0.2, 0.25) is 0 Å². The summed E-state index contributed by atoms with van der Waals surface area (Å²) >= 11 is 0. The van der Waals surface area contributed by atoms with E-state index in [2.05, 4.69) is 31.4 Å². The molecule has 0 spiro atoms. The highest BCUT2D eigenvalue weighted by Gasteiger charge is 2.68. The van der Waals surface area contributed by atoms with E-state index in [0.717, 1.165) is 12.8 Å². The molecule has 4 aliphatic rings. The van der Waals surface area contributed by atoms with Gasteiger partial charge < -0.3 is 35.1 Å². The van der Waals surface area contributed by atoms with Crippen molar-refractivity contribution >= 4 is 25.0 Å². The smallest absolute Gasteiger partial charge is 0.482 e. The van der Waals surface area contributed by atoms with Crippen LogP contribution in [-0.2, 0) is 25.3 Å². The number of hydrogen-bond donors (Lipinski definition) is 3. The number of amides is 3. The van der Waals surface area contributed by atoms with Gasteiger partial charge in [0.15, 0.2) is 0 Å². The first-order chi connectivity index (χ1) is 18.2. The summed E-state index contributed by atoms with van der Waals surface area (Å²) in [5.41, 5.74) is 5.20. The molecule has 3 aliphatic carbocycles. The van der Waals surface area contributed by atoms with Gasteiger partial charge in [0.25, 0.3) is 0 Å². The Morgan fingerprint density at radius 3 is 2.54 bits per heavy atom. The first kappa shape index (κ1) is 29.2. The van der Waals surface area contributed by atoms with Crippen molar-refractivity contribution in [2.45, 2.75) is 90.5 Å². The van der Waals surface area contributed by atoms with Gasteiger partial charge in [-0.15, -0.1) is 0 Å². The van der Waals surface area contributed by atoms with Crippen LogP contribution in [0.5, 0.6) is 5.75 Å². The number of methoxy groups -OCH3 is 1. The van der Waals surface area contributed by atoms with E-state index in [-0.39, 0.29) is 30.4 Å². The van der Waals surface area contributed by atoms with Crippen LogP contribution in [0.25, 0.3) is 0 Å². The van der Waals surface area contributed by atoms with E-state index in [1.807, 2.05) is 6.07 Å². The number of rotatable bonds is 9. The minimum absolute atomic E-state index is 0.0413. The zero-order valence-corrected chi connectivity index (χ0v) is 24.1. The molecule has 5 rings (SSSR count). The largest absolute Gasteiger partial charge is 0.496 e. The average Bonchev–Trinajstić information content (AvgIpc) is 3.19. The van der Waals surface area contributed by atoms with E-state index in [1.54, 1.807) is 32.9 Å². The summed E-state index contributed by atoms with van der Waals surface area (Å²) in [4.78, 5) is 36.9. The molecule has 1 aromatic carbocycles. The fourth-order valence-corrected chi connectivity index (χ4v) is 6.58. The van der Waals surface area contributed by atoms with Gasteiger partial charge in [-0.2, -0.15) is 0 Å². The molecule has 0 radical (unpaired) electrons. The number of nitrogens with two attached hydrogens (primary N) is 1. The fraction of sp³-hybridized carbons (Fsp3) is 0.679. The predicted octanol–water partition coefficient (Wildman–Crippen LogP) is 3.00. The molecule has 5 atom stereocenters.